The van der Waals surface area contributed by atoms with Crippen LogP contribution in [0.1, 0.15) is 21.7 Å². The first-order valence-electron chi connectivity index (χ1n) is 6.33. The summed E-state index contributed by atoms with van der Waals surface area (Å²) >= 11 is 0. The summed E-state index contributed by atoms with van der Waals surface area (Å²) in [4.78, 5) is 30.9. The van der Waals surface area contributed by atoms with Gasteiger partial charge in [0.2, 0.25) is 0 Å². The number of nitrogens with one attached hydrogen (secondary N) is 1. The van der Waals surface area contributed by atoms with Crippen LogP contribution >= 0.6 is 0 Å². The van der Waals surface area contributed by atoms with Gasteiger partial charge in [0.25, 0.3) is 11.7 Å². The summed E-state index contributed by atoms with van der Waals surface area (Å²) in [7, 11) is 0. The van der Waals surface area contributed by atoms with E-state index < -0.39 is 29.8 Å². The van der Waals surface area contributed by atoms with Crippen LogP contribution in [0.5, 0.6) is 5.75 Å². The number of halogens is 5. The molecule has 1 aromatic heterocycles. The summed E-state index contributed by atoms with van der Waals surface area (Å²) < 4.78 is 66.6. The van der Waals surface area contributed by atoms with Gasteiger partial charge in [0.05, 0.1) is 5.56 Å². The Balaban J connectivity index is 0.00000105. The average molecular weight is 381 g/mol. The average Bonchev–Trinajstić information content (AvgIpc) is 2.98. The van der Waals surface area contributed by atoms with Crippen molar-refractivity contribution in [1.29, 1.82) is 0 Å². The van der Waals surface area contributed by atoms with Gasteiger partial charge in [0.1, 0.15) is 5.75 Å². The third kappa shape index (κ3) is 4.39. The highest BCUT2D eigenvalue weighted by atomic mass is 19.4. The molecule has 8 nitrogen and oxygen atoms in total. The van der Waals surface area contributed by atoms with Gasteiger partial charge < -0.3 is 9.63 Å². The Bertz CT molecular complexity index is 828. The molecule has 2 N–H and O–H groups in total. The highest BCUT2D eigenvalue weighted by Gasteiger charge is 2.62. The van der Waals surface area contributed by atoms with E-state index in [9.17, 15) is 31.9 Å². The van der Waals surface area contributed by atoms with Gasteiger partial charge in [-0.1, -0.05) is 17.3 Å². The van der Waals surface area contributed by atoms with E-state index in [0.29, 0.717) is 5.56 Å². The van der Waals surface area contributed by atoms with E-state index in [2.05, 4.69) is 14.7 Å². The van der Waals surface area contributed by atoms with Crippen LogP contribution in [0.4, 0.5) is 28.0 Å². The Morgan fingerprint density at radius 3 is 2.35 bits per heavy atom. The Morgan fingerprint density at radius 2 is 1.81 bits per heavy atom. The first-order chi connectivity index (χ1) is 12.0. The number of benzene rings is 1. The van der Waals surface area contributed by atoms with Gasteiger partial charge in [-0.3, -0.25) is 10.1 Å². The van der Waals surface area contributed by atoms with Crippen LogP contribution in [0.25, 0.3) is 0 Å². The highest BCUT2D eigenvalue weighted by Crippen LogP contribution is 2.42. The number of aromatic hydroxyl groups is 1. The zero-order valence-electron chi connectivity index (χ0n) is 12.6. The molecule has 0 fully saturated rings. The molecule has 26 heavy (non-hydrogen) atoms. The smallest absolute Gasteiger partial charge is 0.461 e. The van der Waals surface area contributed by atoms with E-state index >= 15 is 0 Å². The summed E-state index contributed by atoms with van der Waals surface area (Å²) in [6, 6.07) is 3.18. The van der Waals surface area contributed by atoms with Crippen LogP contribution in [-0.2, 0) is 15.5 Å². The second-order valence-corrected chi connectivity index (χ2v) is 4.50. The lowest BCUT2D eigenvalue weighted by Crippen LogP contribution is -2.34. The SMILES string of the molecule is Cc1cccc(C(=O)Nc2nc(C(F)(F)C(F)(F)F)no2)c1O.O=C=O. The molecule has 2 rings (SSSR count). The van der Waals surface area contributed by atoms with Gasteiger partial charge in [-0.25, -0.2) is 0 Å². The fourth-order valence-corrected chi connectivity index (χ4v) is 1.54. The molecule has 0 bridgehead atoms. The molecule has 0 unspecified atom stereocenters. The normalized spacial score (nSPS) is 11.2. The number of aryl methyl sites for hydroxylation is 1. The molecule has 1 amide bonds. The van der Waals surface area contributed by atoms with Crippen LogP contribution < -0.4 is 5.32 Å². The van der Waals surface area contributed by atoms with E-state index in [-0.39, 0.29) is 17.5 Å². The zero-order chi connectivity index (χ0) is 20.1. The fraction of sp³-hybridized carbons (Fsp3) is 0.231. The van der Waals surface area contributed by atoms with Crippen LogP contribution in [0.2, 0.25) is 0 Å². The molecule has 0 saturated carbocycles. The molecule has 13 heteroatoms. The van der Waals surface area contributed by atoms with E-state index in [1.165, 1.54) is 25.1 Å². The van der Waals surface area contributed by atoms with Crippen molar-refractivity contribution in [1.82, 2.24) is 10.1 Å². The van der Waals surface area contributed by atoms with Crippen LogP contribution in [0.15, 0.2) is 22.7 Å². The lowest BCUT2D eigenvalue weighted by molar-refractivity contribution is -0.293. The van der Waals surface area contributed by atoms with E-state index in [0.717, 1.165) is 0 Å². The van der Waals surface area contributed by atoms with Gasteiger partial charge in [0, 0.05) is 0 Å². The number of alkyl halides is 5. The van der Waals surface area contributed by atoms with Crippen LogP contribution in [-0.4, -0.2) is 33.5 Å². The number of nitrogens with zero attached hydrogens (tertiary/aromatic N) is 2. The predicted molar refractivity (Wildman–Crippen MR) is 70.1 cm³/mol. The summed E-state index contributed by atoms with van der Waals surface area (Å²) in [6.07, 6.45) is -5.66. The van der Waals surface area contributed by atoms with Crippen molar-refractivity contribution in [3.05, 3.63) is 35.2 Å². The molecule has 1 aromatic carbocycles. The van der Waals surface area contributed by atoms with Crippen molar-refractivity contribution < 1.29 is 46.0 Å². The third-order valence-electron chi connectivity index (χ3n) is 2.77. The number of hydrogen-bond donors (Lipinski definition) is 2. The molecule has 140 valence electrons. The number of aromatic nitrogens is 2. The molecule has 0 atom stereocenters. The molecule has 0 radical (unpaired) electrons. The molecular weight excluding hydrogens is 373 g/mol. The van der Waals surface area contributed by atoms with Crippen molar-refractivity contribution in [2.24, 2.45) is 0 Å². The van der Waals surface area contributed by atoms with E-state index in [1.54, 1.807) is 0 Å². The van der Waals surface area contributed by atoms with Gasteiger partial charge in [-0.2, -0.15) is 36.5 Å². The standard InChI is InChI=1S/C12H8F5N3O3.CO2/c1-5-3-2-4-6(7(5)21)8(22)18-10-19-9(20-23-10)11(13,14)12(15,16)17;2-1-3/h2-4,21H,1H3,(H,18,19,20,22);. The van der Waals surface area contributed by atoms with Crippen LogP contribution in [0, 0.1) is 6.92 Å². The van der Waals surface area contributed by atoms with Crippen molar-refractivity contribution in [3.8, 4) is 5.75 Å². The Kier molecular flexibility index (Phi) is 6.13. The zero-order valence-corrected chi connectivity index (χ0v) is 12.6. The van der Waals surface area contributed by atoms with Crippen molar-refractivity contribution >= 4 is 18.1 Å². The summed E-state index contributed by atoms with van der Waals surface area (Å²) in [5.41, 5.74) is 0.111. The maximum atomic E-state index is 13.0. The van der Waals surface area contributed by atoms with Crippen LogP contribution in [0.3, 0.4) is 0 Å². The Labute approximate surface area is 140 Å². The number of rotatable bonds is 3. The second kappa shape index (κ2) is 7.70. The van der Waals surface area contributed by atoms with Gasteiger partial charge in [-0.15, -0.1) is 0 Å². The van der Waals surface area contributed by atoms with E-state index in [4.69, 9.17) is 9.59 Å². The van der Waals surface area contributed by atoms with Gasteiger partial charge in [0.15, 0.2) is 0 Å². The molecule has 1 heterocycles. The van der Waals surface area contributed by atoms with Gasteiger partial charge >= 0.3 is 24.3 Å². The molecule has 0 aliphatic heterocycles. The minimum atomic E-state index is -5.91. The first kappa shape index (κ1) is 20.7. The van der Waals surface area contributed by atoms with Crippen molar-refractivity contribution in [2.75, 3.05) is 5.32 Å². The number of anilines is 1. The minimum Gasteiger partial charge on any atom is -0.507 e. The molecule has 0 spiro atoms. The lowest BCUT2D eigenvalue weighted by Gasteiger charge is -2.14. The number of phenols is 1. The number of para-hydroxylation sites is 1. The molecule has 0 saturated heterocycles. The lowest BCUT2D eigenvalue weighted by atomic mass is 10.1. The Hall–Kier alpha value is -3.34. The largest absolute Gasteiger partial charge is 0.507 e. The third-order valence-corrected chi connectivity index (χ3v) is 2.77. The predicted octanol–water partition coefficient (Wildman–Crippen LogP) is 2.41. The minimum absolute atomic E-state index is 0.243. The summed E-state index contributed by atoms with van der Waals surface area (Å²) in [5, 5.41) is 14.0. The monoisotopic (exact) mass is 381 g/mol. The quantitative estimate of drug-likeness (QED) is 0.783. The second-order valence-electron chi connectivity index (χ2n) is 4.50. The number of carbonyl (C=O) groups is 1. The number of carbonyl (C=O) groups excluding carboxylic acids is 3. The first-order valence-corrected chi connectivity index (χ1v) is 6.33. The summed E-state index contributed by atoms with van der Waals surface area (Å²) in [5.74, 6) is -8.67. The van der Waals surface area contributed by atoms with Crippen molar-refractivity contribution in [2.45, 2.75) is 19.0 Å². The maximum absolute atomic E-state index is 13.0. The molecule has 0 aliphatic carbocycles. The summed E-state index contributed by atoms with van der Waals surface area (Å²) in [6.45, 7) is 1.50. The highest BCUT2D eigenvalue weighted by molar-refractivity contribution is 6.05. The molecule has 2 aromatic rings. The number of hydrogen-bond acceptors (Lipinski definition) is 7. The molecule has 0 aliphatic rings. The Morgan fingerprint density at radius 1 is 1.23 bits per heavy atom. The van der Waals surface area contributed by atoms with Crippen molar-refractivity contribution in [3.63, 3.8) is 0 Å². The van der Waals surface area contributed by atoms with E-state index in [1.807, 2.05) is 5.32 Å². The number of phenolic OH excluding ortho intramolecular Hbond substituents is 1. The van der Waals surface area contributed by atoms with Gasteiger partial charge in [-0.05, 0) is 18.6 Å². The topological polar surface area (TPSA) is 122 Å². The number of amides is 1. The molecular formula is C13H8F5N3O5. The maximum Gasteiger partial charge on any atom is 0.461 e. The fourth-order valence-electron chi connectivity index (χ4n) is 1.54.